The molecule has 3 aliphatic rings. The minimum absolute atomic E-state index is 0.00483. The predicted octanol–water partition coefficient (Wildman–Crippen LogP) is 5.05. The first-order chi connectivity index (χ1) is 21.4. The fourth-order valence-electron chi connectivity index (χ4n) is 8.34. The van der Waals surface area contributed by atoms with E-state index in [1.165, 1.54) is 0 Å². The lowest BCUT2D eigenvalue weighted by Gasteiger charge is -2.56. The van der Waals surface area contributed by atoms with Gasteiger partial charge in [-0.2, -0.15) is 0 Å². The van der Waals surface area contributed by atoms with Crippen molar-refractivity contribution < 1.29 is 30.3 Å². The maximum Gasteiger partial charge on any atom is 0.144 e. The molecule has 0 bridgehead atoms. The Balaban J connectivity index is 1.51. The summed E-state index contributed by atoms with van der Waals surface area (Å²) < 4.78 is 7.09. The van der Waals surface area contributed by atoms with Gasteiger partial charge in [0, 0.05) is 18.3 Å². The minimum Gasteiger partial charge on any atom is -0.389 e. The number of fused-ring (bicyclic) bond motifs is 3. The van der Waals surface area contributed by atoms with Gasteiger partial charge in [-0.3, -0.25) is 0 Å². The van der Waals surface area contributed by atoms with Gasteiger partial charge in [0.05, 0.1) is 18.3 Å². The Bertz CT molecular complexity index is 1500. The molecule has 6 nitrogen and oxygen atoms in total. The van der Waals surface area contributed by atoms with E-state index in [0.717, 1.165) is 16.7 Å². The van der Waals surface area contributed by atoms with Gasteiger partial charge in [-0.1, -0.05) is 117 Å². The first kappa shape index (κ1) is 31.6. The molecule has 6 heteroatoms. The lowest BCUT2D eigenvalue weighted by Crippen LogP contribution is -2.68. The van der Waals surface area contributed by atoms with Gasteiger partial charge in [0.15, 0.2) is 0 Å². The maximum atomic E-state index is 12.6. The number of hydrogen-bond donors (Lipinski definition) is 5. The van der Waals surface area contributed by atoms with Crippen LogP contribution in [0.2, 0.25) is 0 Å². The third-order valence-corrected chi connectivity index (χ3v) is 10.8. The van der Waals surface area contributed by atoms with Crippen molar-refractivity contribution in [2.45, 2.75) is 68.2 Å². The van der Waals surface area contributed by atoms with E-state index in [-0.39, 0.29) is 19.4 Å². The van der Waals surface area contributed by atoms with Crippen LogP contribution in [0.15, 0.2) is 126 Å². The molecular formula is C39H44O6. The molecule has 3 aliphatic carbocycles. The van der Waals surface area contributed by atoms with Gasteiger partial charge in [0.1, 0.15) is 22.9 Å². The van der Waals surface area contributed by atoms with E-state index in [0.29, 0.717) is 16.7 Å². The van der Waals surface area contributed by atoms with Crippen molar-refractivity contribution in [1.82, 2.24) is 0 Å². The summed E-state index contributed by atoms with van der Waals surface area (Å²) in [6, 6.07) is 29.9. The predicted molar refractivity (Wildman–Crippen MR) is 174 cm³/mol. The van der Waals surface area contributed by atoms with Crippen molar-refractivity contribution in [2.24, 2.45) is 17.8 Å². The van der Waals surface area contributed by atoms with E-state index in [4.69, 9.17) is 4.74 Å². The molecule has 8 atom stereocenters. The quantitative estimate of drug-likeness (QED) is 0.190. The van der Waals surface area contributed by atoms with Gasteiger partial charge in [-0.15, -0.1) is 0 Å². The molecule has 0 aromatic heterocycles. The molecule has 6 rings (SSSR count). The highest BCUT2D eigenvalue weighted by atomic mass is 16.5. The number of aliphatic hydroxyl groups excluding tert-OH is 2. The molecule has 0 radical (unpaired) electrons. The number of benzene rings is 3. The fourth-order valence-corrected chi connectivity index (χ4v) is 8.34. The highest BCUT2D eigenvalue weighted by Crippen LogP contribution is 2.58. The van der Waals surface area contributed by atoms with E-state index >= 15 is 0 Å². The number of ether oxygens (including phenoxy) is 1. The molecule has 3 aromatic rings. The van der Waals surface area contributed by atoms with Crippen LogP contribution in [0.3, 0.4) is 0 Å². The molecule has 45 heavy (non-hydrogen) atoms. The Morgan fingerprint density at radius 3 is 1.80 bits per heavy atom. The summed E-state index contributed by atoms with van der Waals surface area (Å²) in [5.41, 5.74) is -1.79. The molecule has 0 saturated heterocycles. The van der Waals surface area contributed by atoms with Crippen molar-refractivity contribution in [3.8, 4) is 0 Å². The Kier molecular flexibility index (Phi) is 8.05. The van der Waals surface area contributed by atoms with Gasteiger partial charge in [0.2, 0.25) is 0 Å². The molecule has 3 unspecified atom stereocenters. The summed E-state index contributed by atoms with van der Waals surface area (Å²) in [5, 5.41) is 59.7. The van der Waals surface area contributed by atoms with Crippen LogP contribution in [0.5, 0.6) is 0 Å². The summed E-state index contributed by atoms with van der Waals surface area (Å²) in [4.78, 5) is 0. The van der Waals surface area contributed by atoms with Gasteiger partial charge in [0.25, 0.3) is 0 Å². The second-order valence-corrected chi connectivity index (χ2v) is 13.5. The lowest BCUT2D eigenvalue weighted by molar-refractivity contribution is -0.231. The van der Waals surface area contributed by atoms with Crippen LogP contribution in [-0.4, -0.2) is 61.2 Å². The second kappa shape index (κ2) is 11.5. The van der Waals surface area contributed by atoms with Gasteiger partial charge in [-0.05, 0) is 59.6 Å². The molecule has 0 heterocycles. The number of rotatable bonds is 7. The van der Waals surface area contributed by atoms with E-state index in [2.05, 4.69) is 6.58 Å². The number of aliphatic hydroxyl groups is 5. The first-order valence-electron chi connectivity index (χ1n) is 15.8. The van der Waals surface area contributed by atoms with E-state index < -0.39 is 52.4 Å². The summed E-state index contributed by atoms with van der Waals surface area (Å²) in [6.07, 6.45) is 0.956. The largest absolute Gasteiger partial charge is 0.389 e. The molecular weight excluding hydrogens is 564 g/mol. The van der Waals surface area contributed by atoms with Crippen molar-refractivity contribution in [3.05, 3.63) is 143 Å². The average Bonchev–Trinajstić information content (AvgIpc) is 3.21. The third-order valence-electron chi connectivity index (χ3n) is 10.8. The molecule has 3 aromatic carbocycles. The van der Waals surface area contributed by atoms with Crippen molar-refractivity contribution in [1.29, 1.82) is 0 Å². The van der Waals surface area contributed by atoms with Gasteiger partial charge >= 0.3 is 0 Å². The summed E-state index contributed by atoms with van der Waals surface area (Å²) in [5.74, 6) is -2.42. The molecule has 0 spiro atoms. The van der Waals surface area contributed by atoms with Crippen molar-refractivity contribution >= 4 is 0 Å². The minimum atomic E-state index is -1.75. The van der Waals surface area contributed by atoms with Crippen molar-refractivity contribution in [3.63, 3.8) is 0 Å². The van der Waals surface area contributed by atoms with Crippen LogP contribution in [0, 0.1) is 17.8 Å². The molecule has 1 fully saturated rings. The Hall–Kier alpha value is -3.36. The smallest absolute Gasteiger partial charge is 0.144 e. The summed E-state index contributed by atoms with van der Waals surface area (Å²) in [7, 11) is 0. The van der Waals surface area contributed by atoms with Crippen LogP contribution >= 0.6 is 0 Å². The van der Waals surface area contributed by atoms with E-state index in [1.807, 2.05) is 97.9 Å². The van der Waals surface area contributed by atoms with Crippen LogP contribution in [0.1, 0.15) is 50.3 Å². The second-order valence-electron chi connectivity index (χ2n) is 13.5. The topological polar surface area (TPSA) is 110 Å². The molecule has 1 saturated carbocycles. The highest BCUT2D eigenvalue weighted by molar-refractivity contribution is 5.48. The molecule has 0 aliphatic heterocycles. The monoisotopic (exact) mass is 608 g/mol. The summed E-state index contributed by atoms with van der Waals surface area (Å²) >= 11 is 0. The maximum absolute atomic E-state index is 12.6. The molecule has 5 N–H and O–H groups in total. The van der Waals surface area contributed by atoms with Crippen LogP contribution in [-0.2, 0) is 10.3 Å². The average molecular weight is 609 g/mol. The van der Waals surface area contributed by atoms with Gasteiger partial charge < -0.3 is 30.3 Å². The van der Waals surface area contributed by atoms with Crippen LogP contribution in [0.4, 0.5) is 0 Å². The Labute approximate surface area is 265 Å². The third kappa shape index (κ3) is 4.78. The van der Waals surface area contributed by atoms with Crippen molar-refractivity contribution in [2.75, 3.05) is 6.61 Å². The summed E-state index contributed by atoms with van der Waals surface area (Å²) in [6.45, 7) is 9.23. The fraction of sp³-hybridized carbons (Fsp3) is 0.385. The lowest BCUT2D eigenvalue weighted by atomic mass is 9.55. The van der Waals surface area contributed by atoms with E-state index in [1.54, 1.807) is 26.0 Å². The zero-order valence-corrected chi connectivity index (χ0v) is 26.2. The van der Waals surface area contributed by atoms with E-state index in [9.17, 15) is 25.5 Å². The highest BCUT2D eigenvalue weighted by Gasteiger charge is 2.67. The van der Waals surface area contributed by atoms with Crippen LogP contribution in [0.25, 0.3) is 0 Å². The van der Waals surface area contributed by atoms with Gasteiger partial charge in [-0.25, -0.2) is 0 Å². The standard InChI is InChI=1S/C39H44O6/c1-25(2)36(42)22-27(4)38(44)32(35(36)41)21-28(23-37(43)33(38)20-26(3)34(37)40)24-45-39(29-14-8-5-9-15-29,30-16-10-6-11-17-30)31-18-12-7-13-19-31/h5-21,27,32-35,40-44H,1,22-24H2,2-4H3/t27-,32+,33-,34?,35?,36?,37-,38-/m1/s1. The first-order valence-corrected chi connectivity index (χ1v) is 15.8. The number of hydrogen-bond acceptors (Lipinski definition) is 6. The molecule has 0 amide bonds. The Morgan fingerprint density at radius 1 is 0.844 bits per heavy atom. The zero-order chi connectivity index (χ0) is 32.2. The normalized spacial score (nSPS) is 34.6. The Morgan fingerprint density at radius 2 is 1.33 bits per heavy atom. The molecule has 236 valence electrons. The SMILES string of the molecule is C=C(C)C1(O)C[C@@H](C)[C@@]2(O)[C@@H](C=C(COC(c3ccccc3)(c3ccccc3)c3ccccc3)C[C@]3(O)C(O)C(C)=C[C@@H]23)C1O. The zero-order valence-electron chi connectivity index (χ0n) is 26.2. The van der Waals surface area contributed by atoms with Crippen LogP contribution < -0.4 is 0 Å².